The van der Waals surface area contributed by atoms with Crippen molar-refractivity contribution >= 4 is 27.9 Å². The predicted molar refractivity (Wildman–Crippen MR) is 138 cm³/mol. The Morgan fingerprint density at radius 2 is 1.85 bits per heavy atom. The maximum absolute atomic E-state index is 12.5. The summed E-state index contributed by atoms with van der Waals surface area (Å²) < 4.78 is 12.2. The van der Waals surface area contributed by atoms with E-state index in [9.17, 15) is 10.1 Å². The van der Waals surface area contributed by atoms with E-state index in [-0.39, 0.29) is 5.57 Å². The molecule has 1 N–H and O–H groups in total. The van der Waals surface area contributed by atoms with Crippen LogP contribution in [0.5, 0.6) is 11.5 Å². The van der Waals surface area contributed by atoms with Gasteiger partial charge in [0.05, 0.1) is 11.6 Å². The van der Waals surface area contributed by atoms with Gasteiger partial charge in [-0.05, 0) is 70.6 Å². The van der Waals surface area contributed by atoms with Gasteiger partial charge in [0.25, 0.3) is 5.91 Å². The molecule has 6 heteroatoms. The van der Waals surface area contributed by atoms with Gasteiger partial charge in [-0.3, -0.25) is 4.79 Å². The number of rotatable bonds is 10. The maximum Gasteiger partial charge on any atom is 0.261 e. The lowest BCUT2D eigenvalue weighted by Gasteiger charge is -2.14. The van der Waals surface area contributed by atoms with Crippen LogP contribution >= 0.6 is 15.9 Å². The minimum Gasteiger partial charge on any atom is -0.493 e. The molecule has 0 atom stereocenters. The van der Waals surface area contributed by atoms with Crippen molar-refractivity contribution in [2.24, 2.45) is 0 Å². The van der Waals surface area contributed by atoms with Gasteiger partial charge in [0.1, 0.15) is 18.2 Å². The number of nitrogens with one attached hydrogen (secondary N) is 1. The largest absolute Gasteiger partial charge is 0.493 e. The number of hydrogen-bond acceptors (Lipinski definition) is 4. The van der Waals surface area contributed by atoms with Gasteiger partial charge < -0.3 is 14.8 Å². The fraction of sp³-hybridized carbons (Fsp3) is 0.214. The molecule has 0 aliphatic heterocycles. The van der Waals surface area contributed by atoms with Crippen molar-refractivity contribution in [3.05, 3.63) is 99.0 Å². The van der Waals surface area contributed by atoms with Gasteiger partial charge >= 0.3 is 0 Å². The quantitative estimate of drug-likeness (QED) is 0.203. The van der Waals surface area contributed by atoms with Crippen LogP contribution in [0.2, 0.25) is 0 Å². The molecule has 0 aromatic heterocycles. The number of carbonyl (C=O) groups is 1. The molecule has 0 fully saturated rings. The molecule has 0 aliphatic rings. The van der Waals surface area contributed by atoms with Crippen molar-refractivity contribution in [2.45, 2.75) is 26.4 Å². The van der Waals surface area contributed by atoms with E-state index in [2.05, 4.69) is 39.4 Å². The SMILES string of the molecule is COc1cc(/C=C(/C#N)C(=O)NCCCc2ccccc2)cc(Br)c1OCc1cccc(C)c1. The van der Waals surface area contributed by atoms with Crippen LogP contribution in [0.15, 0.2) is 76.8 Å². The smallest absolute Gasteiger partial charge is 0.261 e. The van der Waals surface area contributed by atoms with E-state index in [1.54, 1.807) is 25.3 Å². The number of ether oxygens (including phenoxy) is 2. The lowest BCUT2D eigenvalue weighted by molar-refractivity contribution is -0.117. The highest BCUT2D eigenvalue weighted by atomic mass is 79.9. The van der Waals surface area contributed by atoms with Gasteiger partial charge in [-0.1, -0.05) is 60.2 Å². The first kappa shape index (κ1) is 25.1. The second-order valence-corrected chi connectivity index (χ2v) is 8.68. The van der Waals surface area contributed by atoms with E-state index in [1.165, 1.54) is 5.56 Å². The fourth-order valence-corrected chi connectivity index (χ4v) is 4.04. The van der Waals surface area contributed by atoms with E-state index in [0.29, 0.717) is 34.7 Å². The van der Waals surface area contributed by atoms with Gasteiger partial charge in [-0.2, -0.15) is 5.26 Å². The second kappa shape index (κ2) is 12.6. The molecule has 0 spiro atoms. The van der Waals surface area contributed by atoms with Gasteiger partial charge in [0, 0.05) is 6.54 Å². The van der Waals surface area contributed by atoms with Gasteiger partial charge in [-0.25, -0.2) is 0 Å². The molecular weight excluding hydrogens is 492 g/mol. The van der Waals surface area contributed by atoms with Crippen molar-refractivity contribution in [3.63, 3.8) is 0 Å². The fourth-order valence-electron chi connectivity index (χ4n) is 3.47. The summed E-state index contributed by atoms with van der Waals surface area (Å²) in [7, 11) is 1.56. The standard InChI is InChI=1S/C28H27BrN2O3/c1-20-8-6-11-22(14-20)19-34-27-25(29)16-23(17-26(27)33-2)15-24(18-30)28(32)31-13-7-12-21-9-4-3-5-10-21/h3-6,8-11,14-17H,7,12-13,19H2,1-2H3,(H,31,32)/b24-15-. The maximum atomic E-state index is 12.5. The van der Waals surface area contributed by atoms with Crippen molar-refractivity contribution in [2.75, 3.05) is 13.7 Å². The molecule has 0 unspecified atom stereocenters. The first-order chi connectivity index (χ1) is 16.5. The normalized spacial score (nSPS) is 10.9. The van der Waals surface area contributed by atoms with E-state index in [0.717, 1.165) is 24.0 Å². The third-order valence-electron chi connectivity index (χ3n) is 5.16. The molecule has 0 radical (unpaired) electrons. The Kier molecular flexibility index (Phi) is 9.30. The highest BCUT2D eigenvalue weighted by Crippen LogP contribution is 2.37. The summed E-state index contributed by atoms with van der Waals surface area (Å²) >= 11 is 3.53. The monoisotopic (exact) mass is 518 g/mol. The van der Waals surface area contributed by atoms with Crippen LogP contribution in [0.25, 0.3) is 6.08 Å². The molecule has 1 amide bonds. The van der Waals surface area contributed by atoms with Crippen LogP contribution in [-0.4, -0.2) is 19.6 Å². The molecule has 3 aromatic rings. The summed E-state index contributed by atoms with van der Waals surface area (Å²) in [5.74, 6) is 0.671. The molecule has 0 saturated heterocycles. The summed E-state index contributed by atoms with van der Waals surface area (Å²) in [6.07, 6.45) is 3.20. The zero-order valence-electron chi connectivity index (χ0n) is 19.3. The number of methoxy groups -OCH3 is 1. The van der Waals surface area contributed by atoms with Crippen LogP contribution in [0.3, 0.4) is 0 Å². The predicted octanol–water partition coefficient (Wildman–Crippen LogP) is 6.00. The molecule has 3 rings (SSSR count). The first-order valence-electron chi connectivity index (χ1n) is 11.0. The molecule has 34 heavy (non-hydrogen) atoms. The molecule has 0 saturated carbocycles. The zero-order valence-corrected chi connectivity index (χ0v) is 20.9. The third-order valence-corrected chi connectivity index (χ3v) is 5.75. The van der Waals surface area contributed by atoms with Crippen molar-refractivity contribution in [1.82, 2.24) is 5.32 Å². The number of nitrogens with zero attached hydrogens (tertiary/aromatic N) is 1. The molecule has 3 aromatic carbocycles. The van der Waals surface area contributed by atoms with Crippen molar-refractivity contribution in [3.8, 4) is 17.6 Å². The molecule has 0 aliphatic carbocycles. The number of benzene rings is 3. The number of aryl methyl sites for hydroxylation is 2. The summed E-state index contributed by atoms with van der Waals surface area (Å²) in [5, 5.41) is 12.4. The average molecular weight is 519 g/mol. The van der Waals surface area contributed by atoms with Gasteiger partial charge in [0.2, 0.25) is 0 Å². The average Bonchev–Trinajstić information content (AvgIpc) is 2.84. The molecule has 0 heterocycles. The van der Waals surface area contributed by atoms with E-state index in [1.807, 2.05) is 49.4 Å². The minimum atomic E-state index is -0.398. The van der Waals surface area contributed by atoms with Crippen LogP contribution in [0, 0.1) is 18.3 Å². The number of nitriles is 1. The van der Waals surface area contributed by atoms with Crippen molar-refractivity contribution < 1.29 is 14.3 Å². The summed E-state index contributed by atoms with van der Waals surface area (Å²) in [4.78, 5) is 12.5. The second-order valence-electron chi connectivity index (χ2n) is 7.83. The summed E-state index contributed by atoms with van der Waals surface area (Å²) in [6, 6.07) is 23.7. The zero-order chi connectivity index (χ0) is 24.3. The number of amides is 1. The minimum absolute atomic E-state index is 0.0297. The van der Waals surface area contributed by atoms with Gasteiger partial charge in [-0.15, -0.1) is 0 Å². The Balaban J connectivity index is 1.65. The van der Waals surface area contributed by atoms with Gasteiger partial charge in [0.15, 0.2) is 11.5 Å². The lowest BCUT2D eigenvalue weighted by Crippen LogP contribution is -2.25. The highest BCUT2D eigenvalue weighted by molar-refractivity contribution is 9.10. The Bertz CT molecular complexity index is 1200. The molecule has 174 valence electrons. The number of hydrogen-bond donors (Lipinski definition) is 1. The third kappa shape index (κ3) is 7.23. The summed E-state index contributed by atoms with van der Waals surface area (Å²) in [6.45, 7) is 2.92. The molecule has 0 bridgehead atoms. The Morgan fingerprint density at radius 3 is 2.56 bits per heavy atom. The van der Waals surface area contributed by atoms with Crippen LogP contribution in [0.1, 0.15) is 28.7 Å². The van der Waals surface area contributed by atoms with Crippen LogP contribution in [0.4, 0.5) is 0 Å². The van der Waals surface area contributed by atoms with Crippen LogP contribution < -0.4 is 14.8 Å². The Labute approximate surface area is 209 Å². The van der Waals surface area contributed by atoms with E-state index >= 15 is 0 Å². The Hall–Kier alpha value is -3.56. The van der Waals surface area contributed by atoms with E-state index in [4.69, 9.17) is 9.47 Å². The first-order valence-corrected chi connectivity index (χ1v) is 11.8. The number of carbonyl (C=O) groups excluding carboxylic acids is 1. The number of halogens is 1. The topological polar surface area (TPSA) is 71.3 Å². The Morgan fingerprint density at radius 1 is 1.09 bits per heavy atom. The summed E-state index contributed by atoms with van der Waals surface area (Å²) in [5.41, 5.74) is 4.11. The lowest BCUT2D eigenvalue weighted by atomic mass is 10.1. The molecule has 5 nitrogen and oxygen atoms in total. The van der Waals surface area contributed by atoms with Crippen molar-refractivity contribution in [1.29, 1.82) is 5.26 Å². The molecular formula is C28H27BrN2O3. The highest BCUT2D eigenvalue weighted by Gasteiger charge is 2.14. The van der Waals surface area contributed by atoms with Crippen LogP contribution in [-0.2, 0) is 17.8 Å². The van der Waals surface area contributed by atoms with E-state index < -0.39 is 5.91 Å².